The molecule has 28 heavy (non-hydrogen) atoms. The van der Waals surface area contributed by atoms with Gasteiger partial charge in [0.15, 0.2) is 0 Å². The van der Waals surface area contributed by atoms with Gasteiger partial charge in [-0.2, -0.15) is 0 Å². The normalized spacial score (nSPS) is 11.6. The number of halogens is 1. The molecule has 2 rings (SSSR count). The van der Waals surface area contributed by atoms with Crippen LogP contribution in [0.15, 0.2) is 89.5 Å². The number of benzene rings is 2. The van der Waals surface area contributed by atoms with Crippen LogP contribution >= 0.6 is 11.6 Å². The molecule has 0 aromatic heterocycles. The maximum absolute atomic E-state index is 12.2. The topological polar surface area (TPSA) is 98.5 Å². The molecule has 2 aromatic carbocycles. The molecule has 1 amide bonds. The monoisotopic (exact) mass is 418 g/mol. The molecule has 0 aliphatic rings. The highest BCUT2D eigenvalue weighted by Crippen LogP contribution is 2.28. The number of sulfonamides is 1. The Kier molecular flexibility index (Phi) is 7.17. The fourth-order valence-electron chi connectivity index (χ4n) is 2.29. The van der Waals surface area contributed by atoms with Crippen LogP contribution in [-0.4, -0.2) is 14.3 Å². The van der Waals surface area contributed by atoms with Crippen molar-refractivity contribution in [3.8, 4) is 5.75 Å². The summed E-state index contributed by atoms with van der Waals surface area (Å²) in [7, 11) is -4.13. The van der Waals surface area contributed by atoms with E-state index in [2.05, 4.69) is 18.5 Å². The third kappa shape index (κ3) is 6.38. The highest BCUT2D eigenvalue weighted by molar-refractivity contribution is 7.89. The van der Waals surface area contributed by atoms with E-state index in [1.165, 1.54) is 30.4 Å². The molecule has 0 aliphatic carbocycles. The number of ether oxygens (including phenoxy) is 1. The number of carbonyl (C=O) groups is 1. The minimum absolute atomic E-state index is 0.0346. The Morgan fingerprint density at radius 3 is 2.46 bits per heavy atom. The number of nitrogens with one attached hydrogen (secondary N) is 1. The second-order valence-corrected chi connectivity index (χ2v) is 7.73. The van der Waals surface area contributed by atoms with E-state index in [1.807, 2.05) is 30.3 Å². The van der Waals surface area contributed by atoms with Crippen LogP contribution in [0.25, 0.3) is 0 Å². The zero-order chi connectivity index (χ0) is 20.7. The van der Waals surface area contributed by atoms with Gasteiger partial charge in [0.05, 0.1) is 6.42 Å². The van der Waals surface area contributed by atoms with E-state index < -0.39 is 10.0 Å². The average Bonchev–Trinajstić information content (AvgIpc) is 2.61. The molecule has 0 atom stereocenters. The Labute approximate surface area is 169 Å². The van der Waals surface area contributed by atoms with Crippen LogP contribution in [-0.2, 0) is 21.2 Å². The molecule has 8 heteroatoms. The number of nitrogens with two attached hydrogens (primary N) is 1. The molecule has 0 aliphatic heterocycles. The molecule has 0 heterocycles. The lowest BCUT2D eigenvalue weighted by atomic mass is 10.1. The summed E-state index contributed by atoms with van der Waals surface area (Å²) < 4.78 is 29.5. The second-order valence-electron chi connectivity index (χ2n) is 5.72. The van der Waals surface area contributed by atoms with Crippen molar-refractivity contribution in [3.63, 3.8) is 0 Å². The van der Waals surface area contributed by atoms with Crippen LogP contribution in [0.1, 0.15) is 5.56 Å². The summed E-state index contributed by atoms with van der Waals surface area (Å²) in [6, 6.07) is 13.3. The predicted molar refractivity (Wildman–Crippen MR) is 110 cm³/mol. The molecule has 2 aromatic rings. The Morgan fingerprint density at radius 1 is 1.21 bits per heavy atom. The number of primary sulfonamides is 1. The van der Waals surface area contributed by atoms with E-state index in [0.29, 0.717) is 0 Å². The molecule has 0 unspecified atom stereocenters. The van der Waals surface area contributed by atoms with Crippen molar-refractivity contribution in [1.29, 1.82) is 0 Å². The Morgan fingerprint density at radius 2 is 1.89 bits per heavy atom. The SMILES string of the molecule is C=C/C(=C\C(=C)Cl)Oc1ccc(NC(=O)Cc2ccccc2)cc1S(N)(=O)=O. The third-order valence-electron chi connectivity index (χ3n) is 3.47. The van der Waals surface area contributed by atoms with Crippen LogP contribution in [0.5, 0.6) is 5.75 Å². The standard InChI is InChI=1S/C20H19ClN2O4S/c1-3-17(11-14(2)21)27-18-10-9-16(13-19(18)28(22,25)26)23-20(24)12-15-7-5-4-6-8-15/h3-11,13H,1-2,12H2,(H,23,24)(H2,22,25,26)/b17-11+. The molecule has 0 fully saturated rings. The first-order valence-corrected chi connectivity index (χ1v) is 9.98. The first-order chi connectivity index (χ1) is 13.2. The Hall–Kier alpha value is -2.87. The van der Waals surface area contributed by atoms with Crippen LogP contribution in [0, 0.1) is 0 Å². The van der Waals surface area contributed by atoms with Gasteiger partial charge in [-0.3, -0.25) is 4.79 Å². The molecule has 0 saturated carbocycles. The lowest BCUT2D eigenvalue weighted by Crippen LogP contribution is -2.17. The zero-order valence-electron chi connectivity index (χ0n) is 14.9. The van der Waals surface area contributed by atoms with Crippen molar-refractivity contribution >= 4 is 33.2 Å². The number of anilines is 1. The van der Waals surface area contributed by atoms with E-state index in [1.54, 1.807) is 0 Å². The molecule has 0 bridgehead atoms. The minimum atomic E-state index is -4.13. The van der Waals surface area contributed by atoms with Crippen molar-refractivity contribution in [2.24, 2.45) is 5.14 Å². The summed E-state index contributed by atoms with van der Waals surface area (Å²) >= 11 is 5.71. The van der Waals surface area contributed by atoms with E-state index in [9.17, 15) is 13.2 Å². The lowest BCUT2D eigenvalue weighted by Gasteiger charge is -2.13. The van der Waals surface area contributed by atoms with Crippen molar-refractivity contribution < 1.29 is 17.9 Å². The second kappa shape index (κ2) is 9.36. The molecule has 0 radical (unpaired) electrons. The zero-order valence-corrected chi connectivity index (χ0v) is 16.5. The van der Waals surface area contributed by atoms with Crippen molar-refractivity contribution in [2.45, 2.75) is 11.3 Å². The minimum Gasteiger partial charge on any atom is -0.456 e. The smallest absolute Gasteiger partial charge is 0.241 e. The molecule has 6 nitrogen and oxygen atoms in total. The number of carbonyl (C=O) groups excluding carboxylic acids is 1. The van der Waals surface area contributed by atoms with E-state index in [-0.39, 0.29) is 39.5 Å². The highest BCUT2D eigenvalue weighted by atomic mass is 35.5. The van der Waals surface area contributed by atoms with Gasteiger partial charge in [-0.1, -0.05) is 55.1 Å². The van der Waals surface area contributed by atoms with Gasteiger partial charge in [-0.25, -0.2) is 13.6 Å². The van der Waals surface area contributed by atoms with Gasteiger partial charge >= 0.3 is 0 Å². The number of hydrogen-bond donors (Lipinski definition) is 2. The van der Waals surface area contributed by atoms with E-state index >= 15 is 0 Å². The van der Waals surface area contributed by atoms with Crippen LogP contribution < -0.4 is 15.2 Å². The average molecular weight is 419 g/mol. The van der Waals surface area contributed by atoms with Gasteiger partial charge < -0.3 is 10.1 Å². The Balaban J connectivity index is 2.28. The van der Waals surface area contributed by atoms with Gasteiger partial charge in [0, 0.05) is 10.7 Å². The number of hydrogen-bond acceptors (Lipinski definition) is 4. The largest absolute Gasteiger partial charge is 0.456 e. The third-order valence-corrected chi connectivity index (χ3v) is 4.51. The molecule has 146 valence electrons. The van der Waals surface area contributed by atoms with Gasteiger partial charge in [0.1, 0.15) is 16.4 Å². The van der Waals surface area contributed by atoms with Gasteiger partial charge in [-0.15, -0.1) is 0 Å². The summed E-state index contributed by atoms with van der Waals surface area (Å²) in [4.78, 5) is 11.9. The van der Waals surface area contributed by atoms with Crippen molar-refractivity contribution in [2.75, 3.05) is 5.32 Å². The van der Waals surface area contributed by atoms with Gasteiger partial charge in [0.2, 0.25) is 15.9 Å². The number of allylic oxidation sites excluding steroid dienone is 3. The molecule has 0 spiro atoms. The number of rotatable bonds is 8. The van der Waals surface area contributed by atoms with E-state index in [0.717, 1.165) is 5.56 Å². The van der Waals surface area contributed by atoms with E-state index in [4.69, 9.17) is 21.5 Å². The Bertz CT molecular complexity index is 1030. The molecule has 0 saturated heterocycles. The fourth-order valence-corrected chi connectivity index (χ4v) is 3.08. The molecular formula is C20H19ClN2O4S. The summed E-state index contributed by atoms with van der Waals surface area (Å²) in [6.07, 6.45) is 2.86. The molecule has 3 N–H and O–H groups in total. The fraction of sp³-hybridized carbons (Fsp3) is 0.0500. The number of amides is 1. The molecular weight excluding hydrogens is 400 g/mol. The maximum Gasteiger partial charge on any atom is 0.241 e. The first-order valence-electron chi connectivity index (χ1n) is 8.06. The van der Waals surface area contributed by atoms with Crippen LogP contribution in [0.2, 0.25) is 0 Å². The quantitative estimate of drug-likeness (QED) is 0.504. The van der Waals surface area contributed by atoms with Gasteiger partial charge in [-0.05, 0) is 35.9 Å². The summed E-state index contributed by atoms with van der Waals surface area (Å²) in [5, 5.41) is 8.11. The van der Waals surface area contributed by atoms with Crippen LogP contribution in [0.4, 0.5) is 5.69 Å². The highest BCUT2D eigenvalue weighted by Gasteiger charge is 2.18. The predicted octanol–water partition coefficient (Wildman–Crippen LogP) is 3.72. The summed E-state index contributed by atoms with van der Waals surface area (Å²) in [5.41, 5.74) is 1.09. The lowest BCUT2D eigenvalue weighted by molar-refractivity contribution is -0.115. The van der Waals surface area contributed by atoms with Crippen molar-refractivity contribution in [1.82, 2.24) is 0 Å². The maximum atomic E-state index is 12.2. The van der Waals surface area contributed by atoms with Crippen molar-refractivity contribution in [3.05, 3.63) is 90.2 Å². The van der Waals surface area contributed by atoms with Gasteiger partial charge in [0.25, 0.3) is 0 Å². The summed E-state index contributed by atoms with van der Waals surface area (Å²) in [5.74, 6) is -0.149. The summed E-state index contributed by atoms with van der Waals surface area (Å²) in [6.45, 7) is 7.08. The van der Waals surface area contributed by atoms with Crippen LogP contribution in [0.3, 0.4) is 0 Å². The first kappa shape index (κ1) is 21.4.